The van der Waals surface area contributed by atoms with Gasteiger partial charge in [-0.3, -0.25) is 0 Å². The molecule has 0 amide bonds. The van der Waals surface area contributed by atoms with E-state index in [1.807, 2.05) is 38.1 Å². The first-order chi connectivity index (χ1) is 8.72. The lowest BCUT2D eigenvalue weighted by molar-refractivity contribution is 0.296. The van der Waals surface area contributed by atoms with Gasteiger partial charge in [0, 0.05) is 6.04 Å². The fraction of sp³-hybridized carbons (Fsp3) is 0.500. The molecule has 1 atom stereocenters. The van der Waals surface area contributed by atoms with Crippen molar-refractivity contribution in [2.75, 3.05) is 13.2 Å². The van der Waals surface area contributed by atoms with Crippen molar-refractivity contribution in [1.29, 1.82) is 5.26 Å². The van der Waals surface area contributed by atoms with E-state index in [0.29, 0.717) is 18.1 Å². The topological polar surface area (TPSA) is 68.3 Å². The van der Waals surface area contributed by atoms with Gasteiger partial charge < -0.3 is 15.2 Å². The molecule has 0 saturated heterocycles. The molecule has 2 N–H and O–H groups in total. The van der Waals surface area contributed by atoms with Crippen molar-refractivity contribution in [3.05, 3.63) is 23.8 Å². The first kappa shape index (κ1) is 14.3. The van der Waals surface area contributed by atoms with E-state index in [1.165, 1.54) is 0 Å². The maximum Gasteiger partial charge on any atom is 0.174 e. The molecule has 0 bridgehead atoms. The molecule has 0 aliphatic rings. The summed E-state index contributed by atoms with van der Waals surface area (Å²) in [5.41, 5.74) is 6.96. The number of nitriles is 1. The average Bonchev–Trinajstić information content (AvgIpc) is 2.38. The molecule has 0 radical (unpaired) electrons. The molecule has 4 nitrogen and oxygen atoms in total. The number of hydrogen-bond donors (Lipinski definition) is 1. The molecule has 0 heterocycles. The molecule has 98 valence electrons. The zero-order valence-electron chi connectivity index (χ0n) is 11.0. The SMILES string of the molecule is CCOc1cccc(CC(N)CC)c1OCC#N. The summed E-state index contributed by atoms with van der Waals surface area (Å²) in [6.45, 7) is 4.54. The lowest BCUT2D eigenvalue weighted by Crippen LogP contribution is -2.21. The first-order valence-corrected chi connectivity index (χ1v) is 6.22. The summed E-state index contributed by atoms with van der Waals surface area (Å²) in [4.78, 5) is 0. The fourth-order valence-electron chi connectivity index (χ4n) is 1.69. The van der Waals surface area contributed by atoms with Crippen molar-refractivity contribution >= 4 is 0 Å². The van der Waals surface area contributed by atoms with Gasteiger partial charge in [-0.15, -0.1) is 0 Å². The summed E-state index contributed by atoms with van der Waals surface area (Å²) in [5.74, 6) is 1.32. The van der Waals surface area contributed by atoms with E-state index in [-0.39, 0.29) is 12.6 Å². The smallest absolute Gasteiger partial charge is 0.174 e. The molecule has 0 saturated carbocycles. The van der Waals surface area contributed by atoms with Gasteiger partial charge >= 0.3 is 0 Å². The van der Waals surface area contributed by atoms with Crippen LogP contribution in [0.5, 0.6) is 11.5 Å². The van der Waals surface area contributed by atoms with E-state index in [1.54, 1.807) is 0 Å². The second-order valence-electron chi connectivity index (χ2n) is 4.00. The Hall–Kier alpha value is -1.73. The quantitative estimate of drug-likeness (QED) is 0.803. The summed E-state index contributed by atoms with van der Waals surface area (Å²) >= 11 is 0. The van der Waals surface area contributed by atoms with Crippen molar-refractivity contribution in [1.82, 2.24) is 0 Å². The summed E-state index contributed by atoms with van der Waals surface area (Å²) < 4.78 is 11.0. The Morgan fingerprint density at radius 2 is 2.11 bits per heavy atom. The van der Waals surface area contributed by atoms with Gasteiger partial charge in [-0.05, 0) is 31.4 Å². The Labute approximate surface area is 108 Å². The Bertz CT molecular complexity index is 413. The minimum Gasteiger partial charge on any atom is -0.490 e. The van der Waals surface area contributed by atoms with E-state index in [4.69, 9.17) is 20.5 Å². The van der Waals surface area contributed by atoms with Gasteiger partial charge in [-0.1, -0.05) is 19.1 Å². The van der Waals surface area contributed by atoms with Crippen molar-refractivity contribution in [3.8, 4) is 17.6 Å². The Kier molecular flexibility index (Phi) is 6.03. The Balaban J connectivity index is 2.99. The predicted molar refractivity (Wildman–Crippen MR) is 70.7 cm³/mol. The van der Waals surface area contributed by atoms with E-state index in [0.717, 1.165) is 18.4 Å². The van der Waals surface area contributed by atoms with Crippen LogP contribution in [0.25, 0.3) is 0 Å². The Morgan fingerprint density at radius 3 is 2.72 bits per heavy atom. The van der Waals surface area contributed by atoms with Crippen molar-refractivity contribution in [2.45, 2.75) is 32.7 Å². The average molecular weight is 248 g/mol. The largest absolute Gasteiger partial charge is 0.490 e. The number of ether oxygens (including phenoxy) is 2. The van der Waals surface area contributed by atoms with Crippen LogP contribution in [-0.2, 0) is 6.42 Å². The summed E-state index contributed by atoms with van der Waals surface area (Å²) in [5, 5.41) is 8.63. The molecule has 0 fully saturated rings. The third-order valence-electron chi connectivity index (χ3n) is 2.65. The minimum atomic E-state index is 0.0124. The standard InChI is InChI=1S/C14H20N2O2/c1-3-12(16)10-11-6-5-7-13(17-4-2)14(11)18-9-8-15/h5-7,12H,3-4,9-10,16H2,1-2H3. The molecule has 4 heteroatoms. The molecule has 1 rings (SSSR count). The van der Waals surface area contributed by atoms with Crippen LogP contribution in [0.3, 0.4) is 0 Å². The highest BCUT2D eigenvalue weighted by Gasteiger charge is 2.13. The molecule has 0 aliphatic heterocycles. The van der Waals surface area contributed by atoms with Gasteiger partial charge in [-0.25, -0.2) is 0 Å². The Morgan fingerprint density at radius 1 is 1.33 bits per heavy atom. The van der Waals surface area contributed by atoms with Gasteiger partial charge in [0.2, 0.25) is 0 Å². The third kappa shape index (κ3) is 3.94. The van der Waals surface area contributed by atoms with Gasteiger partial charge in [0.15, 0.2) is 18.1 Å². The van der Waals surface area contributed by atoms with Gasteiger partial charge in [0.1, 0.15) is 6.07 Å². The van der Waals surface area contributed by atoms with Crippen LogP contribution in [0, 0.1) is 11.3 Å². The van der Waals surface area contributed by atoms with E-state index < -0.39 is 0 Å². The normalized spacial score (nSPS) is 11.7. The van der Waals surface area contributed by atoms with Crippen LogP contribution in [-0.4, -0.2) is 19.3 Å². The fourth-order valence-corrected chi connectivity index (χ4v) is 1.69. The molecule has 0 aromatic heterocycles. The second-order valence-corrected chi connectivity index (χ2v) is 4.00. The second kappa shape index (κ2) is 7.57. The van der Waals surface area contributed by atoms with Gasteiger partial charge in [0.05, 0.1) is 6.61 Å². The lowest BCUT2D eigenvalue weighted by Gasteiger charge is -2.16. The molecular formula is C14H20N2O2. The van der Waals surface area contributed by atoms with Gasteiger partial charge in [0.25, 0.3) is 0 Å². The molecule has 0 spiro atoms. The highest BCUT2D eigenvalue weighted by Crippen LogP contribution is 2.32. The lowest BCUT2D eigenvalue weighted by atomic mass is 10.0. The number of hydrogen-bond acceptors (Lipinski definition) is 4. The number of nitrogens with zero attached hydrogens (tertiary/aromatic N) is 1. The van der Waals surface area contributed by atoms with Crippen molar-refractivity contribution in [3.63, 3.8) is 0 Å². The number of rotatable bonds is 7. The van der Waals surface area contributed by atoms with Crippen LogP contribution >= 0.6 is 0 Å². The summed E-state index contributed by atoms with van der Waals surface area (Å²) in [6.07, 6.45) is 1.62. The van der Waals surface area contributed by atoms with E-state index in [9.17, 15) is 0 Å². The molecule has 18 heavy (non-hydrogen) atoms. The third-order valence-corrected chi connectivity index (χ3v) is 2.65. The monoisotopic (exact) mass is 248 g/mol. The summed E-state index contributed by atoms with van der Waals surface area (Å²) in [7, 11) is 0. The van der Waals surface area contributed by atoms with Crippen LogP contribution in [0.15, 0.2) is 18.2 Å². The van der Waals surface area contributed by atoms with Crippen LogP contribution in [0.2, 0.25) is 0 Å². The number of benzene rings is 1. The predicted octanol–water partition coefficient (Wildman–Crippen LogP) is 2.27. The van der Waals surface area contributed by atoms with Gasteiger partial charge in [-0.2, -0.15) is 5.26 Å². The van der Waals surface area contributed by atoms with Crippen molar-refractivity contribution < 1.29 is 9.47 Å². The number of para-hydroxylation sites is 1. The highest BCUT2D eigenvalue weighted by molar-refractivity contribution is 5.47. The van der Waals surface area contributed by atoms with Crippen LogP contribution < -0.4 is 15.2 Å². The zero-order valence-corrected chi connectivity index (χ0v) is 11.0. The molecule has 1 unspecified atom stereocenters. The highest BCUT2D eigenvalue weighted by atomic mass is 16.5. The molecule has 0 aliphatic carbocycles. The minimum absolute atomic E-state index is 0.0124. The van der Waals surface area contributed by atoms with Crippen molar-refractivity contribution in [2.24, 2.45) is 5.73 Å². The number of nitrogens with two attached hydrogens (primary N) is 1. The maximum absolute atomic E-state index is 8.63. The van der Waals surface area contributed by atoms with E-state index in [2.05, 4.69) is 0 Å². The maximum atomic E-state index is 8.63. The van der Waals surface area contributed by atoms with E-state index >= 15 is 0 Å². The molecular weight excluding hydrogens is 228 g/mol. The molecule has 1 aromatic carbocycles. The summed E-state index contributed by atoms with van der Waals surface area (Å²) in [6, 6.07) is 7.79. The van der Waals surface area contributed by atoms with Crippen LogP contribution in [0.1, 0.15) is 25.8 Å². The molecule has 1 aromatic rings. The first-order valence-electron chi connectivity index (χ1n) is 6.22. The van der Waals surface area contributed by atoms with Crippen LogP contribution in [0.4, 0.5) is 0 Å². The zero-order chi connectivity index (χ0) is 13.4.